The van der Waals surface area contributed by atoms with Crippen molar-refractivity contribution in [2.75, 3.05) is 13.1 Å². The van der Waals surface area contributed by atoms with Crippen LogP contribution in [-0.4, -0.2) is 36.9 Å². The SMILES string of the molecule is O=C(NCC1CCC(F)CC1)NC1CCNC12CCC2. The van der Waals surface area contributed by atoms with Crippen LogP contribution in [0, 0.1) is 5.92 Å². The average Bonchev–Trinajstić information content (AvgIpc) is 2.82. The third-order valence-electron chi connectivity index (χ3n) is 5.46. The molecule has 2 amide bonds. The maximum atomic E-state index is 13.1. The summed E-state index contributed by atoms with van der Waals surface area (Å²) in [6.07, 6.45) is 7.14. The van der Waals surface area contributed by atoms with Gasteiger partial charge in [-0.3, -0.25) is 0 Å². The van der Waals surface area contributed by atoms with Gasteiger partial charge in [-0.15, -0.1) is 0 Å². The van der Waals surface area contributed by atoms with Crippen molar-refractivity contribution < 1.29 is 9.18 Å². The van der Waals surface area contributed by atoms with Crippen molar-refractivity contribution >= 4 is 6.03 Å². The molecular formula is C15H26FN3O. The molecule has 2 aliphatic carbocycles. The average molecular weight is 283 g/mol. The van der Waals surface area contributed by atoms with Crippen molar-refractivity contribution in [1.29, 1.82) is 0 Å². The molecule has 1 atom stereocenters. The summed E-state index contributed by atoms with van der Waals surface area (Å²) in [7, 11) is 0. The fourth-order valence-corrected chi connectivity index (χ4v) is 3.93. The number of nitrogens with one attached hydrogen (secondary N) is 3. The summed E-state index contributed by atoms with van der Waals surface area (Å²) in [5.74, 6) is 0.451. The largest absolute Gasteiger partial charge is 0.338 e. The van der Waals surface area contributed by atoms with Gasteiger partial charge in [0.2, 0.25) is 0 Å². The van der Waals surface area contributed by atoms with Crippen molar-refractivity contribution in [2.24, 2.45) is 5.92 Å². The number of carbonyl (C=O) groups excluding carboxylic acids is 1. The van der Waals surface area contributed by atoms with Gasteiger partial charge in [0.1, 0.15) is 6.17 Å². The summed E-state index contributed by atoms with van der Waals surface area (Å²) in [4.78, 5) is 12.0. The standard InChI is InChI=1S/C15H26FN3O/c16-12-4-2-11(3-5-12)10-17-14(20)19-13-6-9-18-15(13)7-1-8-15/h11-13,18H,1-10H2,(H2,17,19,20). The van der Waals surface area contributed by atoms with E-state index in [0.717, 1.165) is 25.8 Å². The smallest absolute Gasteiger partial charge is 0.315 e. The Morgan fingerprint density at radius 1 is 1.20 bits per heavy atom. The van der Waals surface area contributed by atoms with Crippen LogP contribution in [0.5, 0.6) is 0 Å². The predicted octanol–water partition coefficient (Wildman–Crippen LogP) is 2.10. The minimum absolute atomic E-state index is 0.0488. The van der Waals surface area contributed by atoms with E-state index in [9.17, 15) is 9.18 Å². The van der Waals surface area contributed by atoms with Crippen LogP contribution in [0.1, 0.15) is 51.4 Å². The molecule has 3 N–H and O–H groups in total. The Morgan fingerprint density at radius 2 is 1.95 bits per heavy atom. The summed E-state index contributed by atoms with van der Waals surface area (Å²) in [6, 6.07) is 0.227. The third kappa shape index (κ3) is 2.92. The molecule has 20 heavy (non-hydrogen) atoms. The molecule has 5 heteroatoms. The van der Waals surface area contributed by atoms with E-state index >= 15 is 0 Å². The first kappa shape index (κ1) is 14.1. The lowest BCUT2D eigenvalue weighted by Crippen LogP contribution is -2.60. The predicted molar refractivity (Wildman–Crippen MR) is 76.4 cm³/mol. The van der Waals surface area contributed by atoms with Crippen LogP contribution < -0.4 is 16.0 Å². The van der Waals surface area contributed by atoms with Gasteiger partial charge in [-0.05, 0) is 63.8 Å². The Kier molecular flexibility index (Phi) is 4.15. The fourth-order valence-electron chi connectivity index (χ4n) is 3.93. The molecule has 114 valence electrons. The number of hydrogen-bond acceptors (Lipinski definition) is 2. The zero-order chi connectivity index (χ0) is 14.0. The quantitative estimate of drug-likeness (QED) is 0.743. The monoisotopic (exact) mass is 283 g/mol. The first-order chi connectivity index (χ1) is 9.68. The molecule has 1 unspecified atom stereocenters. The van der Waals surface area contributed by atoms with E-state index in [4.69, 9.17) is 0 Å². The lowest BCUT2D eigenvalue weighted by atomic mass is 9.73. The topological polar surface area (TPSA) is 53.2 Å². The van der Waals surface area contributed by atoms with Crippen molar-refractivity contribution in [2.45, 2.75) is 69.1 Å². The second-order valence-corrected chi connectivity index (χ2v) is 6.75. The van der Waals surface area contributed by atoms with E-state index in [2.05, 4.69) is 16.0 Å². The van der Waals surface area contributed by atoms with Gasteiger partial charge in [0.25, 0.3) is 0 Å². The first-order valence-corrected chi connectivity index (χ1v) is 8.11. The highest BCUT2D eigenvalue weighted by Gasteiger charge is 2.47. The first-order valence-electron chi connectivity index (χ1n) is 8.11. The fraction of sp³-hybridized carbons (Fsp3) is 0.933. The number of hydrogen-bond donors (Lipinski definition) is 3. The molecule has 1 heterocycles. The Labute approximate surface area is 120 Å². The Bertz CT molecular complexity index is 351. The van der Waals surface area contributed by atoms with Gasteiger partial charge < -0.3 is 16.0 Å². The van der Waals surface area contributed by atoms with Crippen LogP contribution in [0.2, 0.25) is 0 Å². The highest BCUT2D eigenvalue weighted by molar-refractivity contribution is 5.74. The van der Waals surface area contributed by atoms with E-state index < -0.39 is 6.17 Å². The Balaban J connectivity index is 1.39. The van der Waals surface area contributed by atoms with Crippen LogP contribution in [-0.2, 0) is 0 Å². The molecular weight excluding hydrogens is 257 g/mol. The zero-order valence-corrected chi connectivity index (χ0v) is 12.1. The molecule has 0 aromatic rings. The minimum Gasteiger partial charge on any atom is -0.338 e. The molecule has 0 bridgehead atoms. The van der Waals surface area contributed by atoms with E-state index in [1.807, 2.05) is 0 Å². The molecule has 0 radical (unpaired) electrons. The molecule has 1 aliphatic heterocycles. The summed E-state index contributed by atoms with van der Waals surface area (Å²) < 4.78 is 13.1. The van der Waals surface area contributed by atoms with Crippen molar-refractivity contribution in [3.63, 3.8) is 0 Å². The van der Waals surface area contributed by atoms with E-state index in [1.165, 1.54) is 19.3 Å². The Morgan fingerprint density at radius 3 is 2.60 bits per heavy atom. The van der Waals surface area contributed by atoms with Gasteiger partial charge >= 0.3 is 6.03 Å². The van der Waals surface area contributed by atoms with Gasteiger partial charge in [0.05, 0.1) is 0 Å². The van der Waals surface area contributed by atoms with E-state index in [0.29, 0.717) is 25.3 Å². The van der Waals surface area contributed by atoms with Gasteiger partial charge in [-0.25, -0.2) is 9.18 Å². The van der Waals surface area contributed by atoms with Crippen molar-refractivity contribution in [1.82, 2.24) is 16.0 Å². The molecule has 1 saturated heterocycles. The minimum atomic E-state index is -0.622. The molecule has 3 rings (SSSR count). The van der Waals surface area contributed by atoms with Gasteiger partial charge in [0, 0.05) is 18.1 Å². The van der Waals surface area contributed by atoms with Gasteiger partial charge in [0.15, 0.2) is 0 Å². The van der Waals surface area contributed by atoms with E-state index in [1.54, 1.807) is 0 Å². The highest BCUT2D eigenvalue weighted by Crippen LogP contribution is 2.39. The number of rotatable bonds is 3. The van der Waals surface area contributed by atoms with Crippen LogP contribution in [0.25, 0.3) is 0 Å². The molecule has 3 fully saturated rings. The van der Waals surface area contributed by atoms with Gasteiger partial charge in [-0.1, -0.05) is 0 Å². The number of amides is 2. The number of carbonyl (C=O) groups is 1. The number of alkyl halides is 1. The normalized spacial score (nSPS) is 35.5. The van der Waals surface area contributed by atoms with Crippen LogP contribution >= 0.6 is 0 Å². The second-order valence-electron chi connectivity index (χ2n) is 6.75. The van der Waals surface area contributed by atoms with Crippen LogP contribution in [0.15, 0.2) is 0 Å². The summed E-state index contributed by atoms with van der Waals surface area (Å²) in [6.45, 7) is 1.69. The summed E-state index contributed by atoms with van der Waals surface area (Å²) in [5.41, 5.74) is 0.184. The van der Waals surface area contributed by atoms with Crippen LogP contribution in [0.3, 0.4) is 0 Å². The lowest BCUT2D eigenvalue weighted by molar-refractivity contribution is 0.167. The van der Waals surface area contributed by atoms with Gasteiger partial charge in [-0.2, -0.15) is 0 Å². The maximum Gasteiger partial charge on any atom is 0.315 e. The molecule has 0 aromatic heterocycles. The van der Waals surface area contributed by atoms with E-state index in [-0.39, 0.29) is 17.6 Å². The third-order valence-corrected chi connectivity index (χ3v) is 5.46. The highest BCUT2D eigenvalue weighted by atomic mass is 19.1. The zero-order valence-electron chi connectivity index (χ0n) is 12.1. The molecule has 4 nitrogen and oxygen atoms in total. The van der Waals surface area contributed by atoms with Crippen molar-refractivity contribution in [3.05, 3.63) is 0 Å². The lowest BCUT2D eigenvalue weighted by Gasteiger charge is -2.43. The summed E-state index contributed by atoms with van der Waals surface area (Å²) in [5, 5.41) is 9.66. The number of urea groups is 1. The van der Waals surface area contributed by atoms with Crippen LogP contribution in [0.4, 0.5) is 9.18 Å². The second kappa shape index (κ2) is 5.88. The van der Waals surface area contributed by atoms with Crippen molar-refractivity contribution in [3.8, 4) is 0 Å². The maximum absolute atomic E-state index is 13.1. The Hall–Kier alpha value is -0.840. The molecule has 1 spiro atoms. The molecule has 2 saturated carbocycles. The summed E-state index contributed by atoms with van der Waals surface area (Å²) >= 11 is 0. The molecule has 0 aromatic carbocycles. The number of halogens is 1. The molecule has 3 aliphatic rings.